The summed E-state index contributed by atoms with van der Waals surface area (Å²) in [6, 6.07) is 1.10. The molecule has 1 fully saturated rings. The molecular weight excluding hydrogens is 228 g/mol. The second kappa shape index (κ2) is 7.71. The molecule has 18 heavy (non-hydrogen) atoms. The van der Waals surface area contributed by atoms with Gasteiger partial charge in [0.2, 0.25) is 5.91 Å². The van der Waals surface area contributed by atoms with Gasteiger partial charge in [-0.3, -0.25) is 15.1 Å². The van der Waals surface area contributed by atoms with Crippen LogP contribution >= 0.6 is 0 Å². The normalized spacial score (nSPS) is 22.4. The molecule has 0 bridgehead atoms. The highest BCUT2D eigenvalue weighted by atomic mass is 16.2. The summed E-state index contributed by atoms with van der Waals surface area (Å²) in [4.78, 5) is 16.0. The van der Waals surface area contributed by atoms with Crippen LogP contribution in [-0.4, -0.2) is 54.5 Å². The first-order valence-electron chi connectivity index (χ1n) is 7.02. The van der Waals surface area contributed by atoms with Crippen LogP contribution in [0.15, 0.2) is 0 Å². The number of likely N-dealkylation sites (tertiary alicyclic amines) is 1. The molecule has 1 heterocycles. The van der Waals surface area contributed by atoms with Crippen molar-refractivity contribution >= 4 is 5.91 Å². The van der Waals surface area contributed by atoms with Gasteiger partial charge in [-0.1, -0.05) is 6.92 Å². The van der Waals surface area contributed by atoms with Crippen molar-refractivity contribution < 1.29 is 4.79 Å². The van der Waals surface area contributed by atoms with E-state index in [-0.39, 0.29) is 5.91 Å². The summed E-state index contributed by atoms with van der Waals surface area (Å²) in [5, 5.41) is 0. The number of likely N-dealkylation sites (N-methyl/N-ethyl adjacent to an activating group) is 2. The highest BCUT2D eigenvalue weighted by molar-refractivity contribution is 5.75. The smallest absolute Gasteiger partial charge is 0.233 e. The molecule has 5 nitrogen and oxygen atoms in total. The van der Waals surface area contributed by atoms with E-state index < -0.39 is 0 Å². The lowest BCUT2D eigenvalue weighted by Crippen LogP contribution is -2.42. The molecule has 0 saturated carbocycles. The second-order valence-corrected chi connectivity index (χ2v) is 5.32. The Hall–Kier alpha value is -0.650. The van der Waals surface area contributed by atoms with E-state index in [0.717, 1.165) is 19.5 Å². The standard InChI is InChI=1S/C13H28N4O/c1-4-17-9-5-6-12(17)10-16(3)11(2)7-8-13(18)15-14/h11-12H,4-10,14H2,1-3H3,(H,15,18). The third-order valence-corrected chi connectivity index (χ3v) is 4.11. The van der Waals surface area contributed by atoms with Crippen molar-refractivity contribution in [3.05, 3.63) is 0 Å². The van der Waals surface area contributed by atoms with Crippen LogP contribution < -0.4 is 11.3 Å². The molecule has 1 rings (SSSR count). The largest absolute Gasteiger partial charge is 0.302 e. The van der Waals surface area contributed by atoms with E-state index in [0.29, 0.717) is 18.5 Å². The lowest BCUT2D eigenvalue weighted by Gasteiger charge is -2.31. The number of nitrogens with zero attached hydrogens (tertiary/aromatic N) is 2. The molecule has 1 aliphatic rings. The van der Waals surface area contributed by atoms with Gasteiger partial charge in [-0.25, -0.2) is 5.84 Å². The zero-order valence-electron chi connectivity index (χ0n) is 12.0. The monoisotopic (exact) mass is 256 g/mol. The van der Waals surface area contributed by atoms with Crippen LogP contribution in [0.3, 0.4) is 0 Å². The number of rotatable bonds is 7. The molecule has 1 amide bonds. The fourth-order valence-corrected chi connectivity index (χ4v) is 2.66. The predicted octanol–water partition coefficient (Wildman–Crippen LogP) is 0.561. The number of amides is 1. The molecule has 0 radical (unpaired) electrons. The molecule has 0 aromatic heterocycles. The van der Waals surface area contributed by atoms with Gasteiger partial charge in [-0.15, -0.1) is 0 Å². The van der Waals surface area contributed by atoms with Crippen molar-refractivity contribution in [3.8, 4) is 0 Å². The van der Waals surface area contributed by atoms with Gasteiger partial charge in [0.05, 0.1) is 0 Å². The highest BCUT2D eigenvalue weighted by Crippen LogP contribution is 2.18. The third kappa shape index (κ3) is 4.55. The maximum Gasteiger partial charge on any atom is 0.233 e. The van der Waals surface area contributed by atoms with Gasteiger partial charge < -0.3 is 4.90 Å². The molecule has 5 heteroatoms. The second-order valence-electron chi connectivity index (χ2n) is 5.32. The Kier molecular flexibility index (Phi) is 6.60. The maximum atomic E-state index is 11.1. The number of nitrogens with two attached hydrogens (primary N) is 1. The average molecular weight is 256 g/mol. The zero-order chi connectivity index (χ0) is 13.5. The van der Waals surface area contributed by atoms with E-state index in [1.54, 1.807) is 0 Å². The summed E-state index contributed by atoms with van der Waals surface area (Å²) in [6.07, 6.45) is 3.98. The highest BCUT2D eigenvalue weighted by Gasteiger charge is 2.25. The van der Waals surface area contributed by atoms with Crippen LogP contribution in [0.1, 0.15) is 39.5 Å². The Morgan fingerprint density at radius 1 is 1.61 bits per heavy atom. The molecule has 0 aliphatic carbocycles. The van der Waals surface area contributed by atoms with Crippen LogP contribution in [0.2, 0.25) is 0 Å². The Morgan fingerprint density at radius 2 is 2.33 bits per heavy atom. The summed E-state index contributed by atoms with van der Waals surface area (Å²) in [5.41, 5.74) is 2.18. The Bertz CT molecular complexity index is 259. The van der Waals surface area contributed by atoms with E-state index in [1.807, 2.05) is 0 Å². The van der Waals surface area contributed by atoms with Crippen molar-refractivity contribution in [1.82, 2.24) is 15.2 Å². The molecule has 1 saturated heterocycles. The minimum Gasteiger partial charge on any atom is -0.302 e. The molecular formula is C13H28N4O. The zero-order valence-corrected chi connectivity index (χ0v) is 12.0. The molecule has 2 unspecified atom stereocenters. The average Bonchev–Trinajstić information content (AvgIpc) is 2.82. The van der Waals surface area contributed by atoms with Gasteiger partial charge in [0.25, 0.3) is 0 Å². The van der Waals surface area contributed by atoms with Crippen LogP contribution in [0.4, 0.5) is 0 Å². The molecule has 1 aliphatic heterocycles. The number of hydrazine groups is 1. The third-order valence-electron chi connectivity index (χ3n) is 4.11. The van der Waals surface area contributed by atoms with Crippen molar-refractivity contribution in [2.75, 3.05) is 26.7 Å². The summed E-state index contributed by atoms with van der Waals surface area (Å²) in [7, 11) is 2.15. The Labute approximate surface area is 111 Å². The quantitative estimate of drug-likeness (QED) is 0.397. The molecule has 0 aromatic carbocycles. The van der Waals surface area contributed by atoms with Crippen molar-refractivity contribution in [1.29, 1.82) is 0 Å². The van der Waals surface area contributed by atoms with Gasteiger partial charge in [-0.2, -0.15) is 0 Å². The summed E-state index contributed by atoms with van der Waals surface area (Å²) < 4.78 is 0. The molecule has 0 spiro atoms. The lowest BCUT2D eigenvalue weighted by molar-refractivity contribution is -0.121. The van der Waals surface area contributed by atoms with Crippen LogP contribution in [0, 0.1) is 0 Å². The maximum absolute atomic E-state index is 11.1. The summed E-state index contributed by atoms with van der Waals surface area (Å²) in [6.45, 7) is 7.88. The van der Waals surface area contributed by atoms with Crippen molar-refractivity contribution in [2.45, 2.75) is 51.6 Å². The van der Waals surface area contributed by atoms with E-state index in [2.05, 4.69) is 36.1 Å². The van der Waals surface area contributed by atoms with Gasteiger partial charge in [0.15, 0.2) is 0 Å². The fraction of sp³-hybridized carbons (Fsp3) is 0.923. The van der Waals surface area contributed by atoms with Crippen molar-refractivity contribution in [2.24, 2.45) is 5.84 Å². The topological polar surface area (TPSA) is 61.6 Å². The van der Waals surface area contributed by atoms with E-state index in [1.165, 1.54) is 19.4 Å². The van der Waals surface area contributed by atoms with Gasteiger partial charge in [0, 0.05) is 25.0 Å². The van der Waals surface area contributed by atoms with Gasteiger partial charge in [-0.05, 0) is 46.3 Å². The predicted molar refractivity (Wildman–Crippen MR) is 73.9 cm³/mol. The van der Waals surface area contributed by atoms with Crippen LogP contribution in [-0.2, 0) is 4.79 Å². The molecule has 106 valence electrons. The van der Waals surface area contributed by atoms with Crippen molar-refractivity contribution in [3.63, 3.8) is 0 Å². The van der Waals surface area contributed by atoms with E-state index >= 15 is 0 Å². The number of hydrogen-bond acceptors (Lipinski definition) is 4. The molecule has 2 atom stereocenters. The lowest BCUT2D eigenvalue weighted by atomic mass is 10.1. The first kappa shape index (κ1) is 15.4. The summed E-state index contributed by atoms with van der Waals surface area (Å²) in [5.74, 6) is 5.01. The Morgan fingerprint density at radius 3 is 2.94 bits per heavy atom. The number of carbonyl (C=O) groups excluding carboxylic acids is 1. The van der Waals surface area contributed by atoms with Gasteiger partial charge >= 0.3 is 0 Å². The number of carbonyl (C=O) groups is 1. The summed E-state index contributed by atoms with van der Waals surface area (Å²) >= 11 is 0. The van der Waals surface area contributed by atoms with Crippen LogP contribution in [0.5, 0.6) is 0 Å². The van der Waals surface area contributed by atoms with Crippen LogP contribution in [0.25, 0.3) is 0 Å². The molecule has 3 N–H and O–H groups in total. The first-order valence-corrected chi connectivity index (χ1v) is 7.02. The number of nitrogens with one attached hydrogen (secondary N) is 1. The minimum absolute atomic E-state index is 0.0775. The Balaban J connectivity index is 2.30. The van der Waals surface area contributed by atoms with E-state index in [4.69, 9.17) is 5.84 Å². The number of hydrogen-bond donors (Lipinski definition) is 2. The van der Waals surface area contributed by atoms with Gasteiger partial charge in [0.1, 0.15) is 0 Å². The fourth-order valence-electron chi connectivity index (χ4n) is 2.66. The van der Waals surface area contributed by atoms with E-state index in [9.17, 15) is 4.79 Å². The first-order chi connectivity index (χ1) is 8.58. The molecule has 0 aromatic rings. The minimum atomic E-state index is -0.0775. The SMILES string of the molecule is CCN1CCCC1CN(C)C(C)CCC(=O)NN.